The minimum Gasteiger partial charge on any atom is -0.222 e. The molecule has 3 rings (SSSR count). The zero-order valence-corrected chi connectivity index (χ0v) is 12.9. The van der Waals surface area contributed by atoms with Crippen molar-refractivity contribution in [2.75, 3.05) is 0 Å². The van der Waals surface area contributed by atoms with Crippen molar-refractivity contribution in [3.05, 3.63) is 72.9 Å². The monoisotopic (exact) mass is 337 g/mol. The molecule has 5 nitrogen and oxygen atoms in total. The number of hydrogen-bond donors (Lipinski definition) is 0. The molecule has 0 aliphatic rings. The quantitative estimate of drug-likeness (QED) is 0.557. The van der Waals surface area contributed by atoms with E-state index < -0.39 is 10.2 Å². The summed E-state index contributed by atoms with van der Waals surface area (Å²) in [6.07, 6.45) is 2.11. The van der Waals surface area contributed by atoms with Gasteiger partial charge in [0, 0.05) is 18.2 Å². The van der Waals surface area contributed by atoms with E-state index in [4.69, 9.17) is 18.6 Å². The van der Waals surface area contributed by atoms with Crippen LogP contribution >= 0.6 is 11.5 Å². The van der Waals surface area contributed by atoms with Gasteiger partial charge in [-0.05, 0) is 5.56 Å². The summed E-state index contributed by atoms with van der Waals surface area (Å²) in [6.45, 7) is 0. The lowest BCUT2D eigenvalue weighted by atomic mass is 10.2. The highest BCUT2D eigenvalue weighted by atomic mass is 35.7. The Labute approximate surface area is 133 Å². The van der Waals surface area contributed by atoms with Gasteiger partial charge in [-0.2, -0.15) is 0 Å². The van der Waals surface area contributed by atoms with E-state index in [9.17, 15) is 0 Å². The third kappa shape index (κ3) is 5.53. The van der Waals surface area contributed by atoms with E-state index in [2.05, 4.69) is 64.8 Å². The number of benzene rings is 2. The number of rotatable bonds is 2. The Bertz CT molecular complexity index is 638. The van der Waals surface area contributed by atoms with Gasteiger partial charge in [0.25, 0.3) is 0 Å². The number of para-hydroxylation sites is 1. The maximum atomic E-state index is 8.49. The maximum absolute atomic E-state index is 8.49. The predicted octanol–water partition coefficient (Wildman–Crippen LogP) is -1.06. The summed E-state index contributed by atoms with van der Waals surface area (Å²) in [6, 6.07) is 23.0. The highest BCUT2D eigenvalue weighted by molar-refractivity contribution is 7.05. The van der Waals surface area contributed by atoms with Crippen molar-refractivity contribution in [3.63, 3.8) is 0 Å². The summed E-state index contributed by atoms with van der Waals surface area (Å²) < 4.78 is 36.2. The highest BCUT2D eigenvalue weighted by Gasteiger charge is 2.11. The lowest BCUT2D eigenvalue weighted by Gasteiger charge is -2.17. The number of hydrogen-bond acceptors (Lipinski definition) is 5. The average Bonchev–Trinajstić information content (AvgIpc) is 2.97. The average molecular weight is 338 g/mol. The van der Waals surface area contributed by atoms with Crippen LogP contribution in [0.2, 0.25) is 0 Å². The van der Waals surface area contributed by atoms with Gasteiger partial charge < -0.3 is 0 Å². The second kappa shape index (κ2) is 7.46. The molecule has 0 fully saturated rings. The first-order valence-electron chi connectivity index (χ1n) is 6.18. The molecule has 0 atom stereocenters. The third-order valence-corrected chi connectivity index (χ3v) is 3.72. The van der Waals surface area contributed by atoms with Crippen molar-refractivity contribution in [1.82, 2.24) is 0 Å². The van der Waals surface area contributed by atoms with Gasteiger partial charge in [0.05, 0.1) is 0 Å². The molecule has 0 amide bonds. The smallest absolute Gasteiger partial charge is 0.222 e. The molecule has 0 saturated carbocycles. The lowest BCUT2D eigenvalue weighted by Crippen LogP contribution is -2.68. The van der Waals surface area contributed by atoms with Gasteiger partial charge in [-0.25, -0.2) is 18.6 Å². The van der Waals surface area contributed by atoms with Crippen LogP contribution in [0.5, 0.6) is 0 Å². The molecule has 0 saturated heterocycles. The Kier molecular flexibility index (Phi) is 5.62. The van der Waals surface area contributed by atoms with Crippen LogP contribution in [0.4, 0.5) is 0 Å². The fourth-order valence-electron chi connectivity index (χ4n) is 1.77. The molecular weight excluding hydrogens is 326 g/mol. The van der Waals surface area contributed by atoms with E-state index >= 15 is 0 Å². The topological polar surface area (TPSA) is 96.1 Å². The minimum atomic E-state index is -4.94. The summed E-state index contributed by atoms with van der Waals surface area (Å²) in [7, 11) is -4.94. The van der Waals surface area contributed by atoms with Crippen molar-refractivity contribution >= 4 is 11.5 Å². The molecule has 2 aromatic carbocycles. The molecule has 0 aliphatic heterocycles. The second-order valence-corrected chi connectivity index (χ2v) is 5.95. The molecule has 0 unspecified atom stereocenters. The van der Waals surface area contributed by atoms with E-state index in [1.807, 2.05) is 12.1 Å². The minimum absolute atomic E-state index is 1.21. The fourth-order valence-corrected chi connectivity index (χ4v) is 2.69. The summed E-state index contributed by atoms with van der Waals surface area (Å²) in [5, 5.41) is 0. The van der Waals surface area contributed by atoms with Gasteiger partial charge in [-0.1, -0.05) is 48.5 Å². The first kappa shape index (κ1) is 16.6. The number of aromatic nitrogens is 1. The first-order valence-corrected chi connectivity index (χ1v) is 8.19. The fraction of sp³-hybridized carbons (Fsp3) is 0. The van der Waals surface area contributed by atoms with Crippen LogP contribution in [0, 0.1) is 10.2 Å². The summed E-state index contributed by atoms with van der Waals surface area (Å²) in [5.74, 6) is 0. The van der Waals surface area contributed by atoms with E-state index in [0.29, 0.717) is 0 Å². The molecule has 7 heteroatoms. The van der Waals surface area contributed by atoms with Crippen molar-refractivity contribution in [2.24, 2.45) is 0 Å². The van der Waals surface area contributed by atoms with Crippen molar-refractivity contribution in [3.8, 4) is 16.1 Å². The Balaban J connectivity index is 0.000000309. The predicted molar refractivity (Wildman–Crippen MR) is 71.3 cm³/mol. The van der Waals surface area contributed by atoms with Gasteiger partial charge in [0.1, 0.15) is 16.4 Å². The van der Waals surface area contributed by atoms with Gasteiger partial charge in [-0.3, -0.25) is 0 Å². The van der Waals surface area contributed by atoms with E-state index in [-0.39, 0.29) is 0 Å². The van der Waals surface area contributed by atoms with Crippen LogP contribution < -0.4 is 22.6 Å². The molecule has 1 aromatic heterocycles. The van der Waals surface area contributed by atoms with E-state index in [1.54, 1.807) is 11.5 Å². The molecule has 0 N–H and O–H groups in total. The Morgan fingerprint density at radius 2 is 1.23 bits per heavy atom. The molecule has 0 bridgehead atoms. The van der Waals surface area contributed by atoms with Crippen LogP contribution in [0.1, 0.15) is 0 Å². The lowest BCUT2D eigenvalue weighted by molar-refractivity contribution is -2.00. The number of halogens is 1. The number of nitrogens with zero attached hydrogens (tertiary/aromatic N) is 1. The van der Waals surface area contributed by atoms with E-state index in [1.165, 1.54) is 16.1 Å². The normalized spacial score (nSPS) is 10.7. The summed E-state index contributed by atoms with van der Waals surface area (Å²) in [4.78, 5) is 1.29. The van der Waals surface area contributed by atoms with Crippen LogP contribution in [0.25, 0.3) is 16.1 Å². The Hall–Kier alpha value is -1.80. The van der Waals surface area contributed by atoms with E-state index in [0.717, 1.165) is 0 Å². The van der Waals surface area contributed by atoms with Crippen molar-refractivity contribution in [1.29, 1.82) is 0 Å². The van der Waals surface area contributed by atoms with Gasteiger partial charge in [0.15, 0.2) is 6.20 Å². The van der Waals surface area contributed by atoms with Crippen LogP contribution in [-0.2, 0) is 0 Å². The van der Waals surface area contributed by atoms with Gasteiger partial charge in [0.2, 0.25) is 5.69 Å². The molecule has 114 valence electrons. The largest absolute Gasteiger partial charge is 0.224 e. The van der Waals surface area contributed by atoms with Crippen LogP contribution in [0.3, 0.4) is 0 Å². The van der Waals surface area contributed by atoms with Crippen molar-refractivity contribution < 1.29 is 32.8 Å². The molecule has 3 aromatic rings. The second-order valence-electron chi connectivity index (χ2n) is 4.18. The standard InChI is InChI=1S/C15H12NS.ClHO4/c1-3-7-13(8-4-1)15-11-12-16(17-15)14-9-5-2-6-10-14;2-1(3,4)5/h1-12H;(H,2,3,4,5)/q+1;/p-1. The zero-order valence-electron chi connectivity index (χ0n) is 11.3. The van der Waals surface area contributed by atoms with Crippen LogP contribution in [0.15, 0.2) is 72.9 Å². The van der Waals surface area contributed by atoms with Crippen molar-refractivity contribution in [2.45, 2.75) is 0 Å². The molecule has 0 spiro atoms. The molecule has 0 aliphatic carbocycles. The highest BCUT2D eigenvalue weighted by Crippen LogP contribution is 2.22. The summed E-state index contributed by atoms with van der Waals surface area (Å²) in [5.41, 5.74) is 2.48. The molecule has 22 heavy (non-hydrogen) atoms. The Morgan fingerprint density at radius 3 is 1.77 bits per heavy atom. The first-order chi connectivity index (χ1) is 10.4. The SMILES string of the molecule is [O-][Cl+3]([O-])([O-])[O-].c1ccc(-c2cc[n+](-c3ccccc3)s2)cc1. The maximum Gasteiger partial charge on any atom is 0.224 e. The van der Waals surface area contributed by atoms with Gasteiger partial charge in [-0.15, -0.1) is 14.2 Å². The third-order valence-electron chi connectivity index (χ3n) is 2.63. The zero-order chi connectivity index (χ0) is 16.0. The molecular formula is C15H12ClNO4S. The Morgan fingerprint density at radius 1 is 0.727 bits per heavy atom. The van der Waals surface area contributed by atoms with Crippen LogP contribution in [-0.4, -0.2) is 0 Å². The molecule has 0 radical (unpaired) electrons. The summed E-state index contributed by atoms with van der Waals surface area (Å²) >= 11 is 1.76. The van der Waals surface area contributed by atoms with Gasteiger partial charge >= 0.3 is 0 Å². The molecule has 1 heterocycles.